The second-order valence-electron chi connectivity index (χ2n) is 3.98. The highest BCUT2D eigenvalue weighted by Crippen LogP contribution is 2.17. The number of rotatable bonds is 3. The molecule has 5 nitrogen and oxygen atoms in total. The Hall–Kier alpha value is -1.36. The van der Waals surface area contributed by atoms with E-state index in [4.69, 9.17) is 11.6 Å². The first-order valence-corrected chi connectivity index (χ1v) is 5.14. The van der Waals surface area contributed by atoms with Gasteiger partial charge in [0.15, 0.2) is 5.82 Å². The highest BCUT2D eigenvalue weighted by atomic mass is 35.5. The average molecular weight is 226 g/mol. The molecule has 2 aromatic rings. The van der Waals surface area contributed by atoms with Crippen molar-refractivity contribution in [2.45, 2.75) is 19.4 Å². The summed E-state index contributed by atoms with van der Waals surface area (Å²) in [6.07, 6.45) is 5.13. The maximum atomic E-state index is 5.84. The lowest BCUT2D eigenvalue weighted by Gasteiger charge is -2.23. The van der Waals surface area contributed by atoms with Gasteiger partial charge < -0.3 is 5.32 Å². The van der Waals surface area contributed by atoms with Crippen LogP contribution in [0.1, 0.15) is 13.8 Å². The third-order valence-corrected chi connectivity index (χ3v) is 2.67. The van der Waals surface area contributed by atoms with Crippen molar-refractivity contribution in [3.05, 3.63) is 18.7 Å². The van der Waals surface area contributed by atoms with Crippen LogP contribution >= 0.6 is 11.6 Å². The molecule has 1 N–H and O–H groups in total. The second-order valence-corrected chi connectivity index (χ2v) is 4.25. The van der Waals surface area contributed by atoms with Crippen molar-refractivity contribution >= 4 is 23.1 Å². The molecule has 0 bridgehead atoms. The normalized spacial score (nSPS) is 11.9. The van der Waals surface area contributed by atoms with Gasteiger partial charge in [-0.15, -0.1) is 21.8 Å². The Labute approximate surface area is 92.5 Å². The number of anilines is 1. The summed E-state index contributed by atoms with van der Waals surface area (Å²) >= 11 is 5.84. The van der Waals surface area contributed by atoms with E-state index < -0.39 is 0 Å². The van der Waals surface area contributed by atoms with Gasteiger partial charge in [-0.1, -0.05) is 0 Å². The van der Waals surface area contributed by atoms with Crippen LogP contribution < -0.4 is 5.32 Å². The lowest BCUT2D eigenvalue weighted by atomic mass is 10.1. The maximum Gasteiger partial charge on any atom is 0.203 e. The molecule has 2 rings (SSSR count). The first-order valence-electron chi connectivity index (χ1n) is 4.61. The van der Waals surface area contributed by atoms with Crippen molar-refractivity contribution in [2.75, 3.05) is 11.2 Å². The number of hydrogen-bond donors (Lipinski definition) is 1. The van der Waals surface area contributed by atoms with Gasteiger partial charge in [-0.3, -0.25) is 4.40 Å². The van der Waals surface area contributed by atoms with E-state index in [1.807, 2.05) is 13.8 Å². The SMILES string of the molecule is CC(C)(CCl)Nc1nccn2cnnc12. The number of nitrogens with zero attached hydrogens (tertiary/aromatic N) is 4. The Balaban J connectivity index is 2.39. The molecule has 0 unspecified atom stereocenters. The molecule has 0 radical (unpaired) electrons. The number of hydrogen-bond acceptors (Lipinski definition) is 4. The third kappa shape index (κ3) is 2.02. The monoisotopic (exact) mass is 225 g/mol. The van der Waals surface area contributed by atoms with Gasteiger partial charge in [0.2, 0.25) is 5.65 Å². The van der Waals surface area contributed by atoms with E-state index in [9.17, 15) is 0 Å². The molecule has 2 heterocycles. The van der Waals surface area contributed by atoms with Crippen molar-refractivity contribution in [1.29, 1.82) is 0 Å². The minimum atomic E-state index is -0.220. The summed E-state index contributed by atoms with van der Waals surface area (Å²) in [6.45, 7) is 4.00. The van der Waals surface area contributed by atoms with Gasteiger partial charge in [0.1, 0.15) is 6.33 Å². The first kappa shape index (κ1) is 10.2. The zero-order valence-corrected chi connectivity index (χ0v) is 9.36. The van der Waals surface area contributed by atoms with E-state index in [-0.39, 0.29) is 5.54 Å². The highest BCUT2D eigenvalue weighted by molar-refractivity contribution is 6.18. The van der Waals surface area contributed by atoms with Crippen LogP contribution in [-0.2, 0) is 0 Å². The predicted molar refractivity (Wildman–Crippen MR) is 59.2 cm³/mol. The molecule has 0 aliphatic heterocycles. The third-order valence-electron chi connectivity index (χ3n) is 2.01. The topological polar surface area (TPSA) is 55.1 Å². The molecule has 15 heavy (non-hydrogen) atoms. The highest BCUT2D eigenvalue weighted by Gasteiger charge is 2.18. The summed E-state index contributed by atoms with van der Waals surface area (Å²) in [6, 6.07) is 0. The van der Waals surface area contributed by atoms with Crippen molar-refractivity contribution in [3.63, 3.8) is 0 Å². The van der Waals surface area contributed by atoms with E-state index in [2.05, 4.69) is 20.5 Å². The van der Waals surface area contributed by atoms with Crippen LogP contribution in [0.4, 0.5) is 5.82 Å². The van der Waals surface area contributed by atoms with E-state index >= 15 is 0 Å². The van der Waals surface area contributed by atoms with Crippen LogP contribution in [0, 0.1) is 0 Å². The van der Waals surface area contributed by atoms with Gasteiger partial charge in [0, 0.05) is 23.8 Å². The summed E-state index contributed by atoms with van der Waals surface area (Å²) in [5.41, 5.74) is 0.484. The number of alkyl halides is 1. The number of aromatic nitrogens is 4. The van der Waals surface area contributed by atoms with Gasteiger partial charge in [-0.2, -0.15) is 0 Å². The van der Waals surface area contributed by atoms with E-state index in [0.717, 1.165) is 0 Å². The molecule has 0 atom stereocenters. The molecule has 0 aliphatic rings. The lowest BCUT2D eigenvalue weighted by Crippen LogP contribution is -2.33. The Morgan fingerprint density at radius 2 is 2.33 bits per heavy atom. The van der Waals surface area contributed by atoms with E-state index in [1.54, 1.807) is 23.1 Å². The quantitative estimate of drug-likeness (QED) is 0.806. The van der Waals surface area contributed by atoms with E-state index in [1.165, 1.54) is 0 Å². The summed E-state index contributed by atoms with van der Waals surface area (Å²) in [7, 11) is 0. The van der Waals surface area contributed by atoms with Crippen LogP contribution in [0.3, 0.4) is 0 Å². The Kier molecular flexibility index (Phi) is 2.48. The first-order chi connectivity index (χ1) is 7.12. The predicted octanol–water partition coefficient (Wildman–Crippen LogP) is 1.55. The van der Waals surface area contributed by atoms with Crippen molar-refractivity contribution in [3.8, 4) is 0 Å². The fourth-order valence-corrected chi connectivity index (χ4v) is 1.27. The summed E-state index contributed by atoms with van der Waals surface area (Å²) < 4.78 is 1.81. The van der Waals surface area contributed by atoms with Gasteiger partial charge in [0.05, 0.1) is 0 Å². The summed E-state index contributed by atoms with van der Waals surface area (Å²) in [4.78, 5) is 4.22. The van der Waals surface area contributed by atoms with Crippen molar-refractivity contribution < 1.29 is 0 Å². The number of fused-ring (bicyclic) bond motifs is 1. The zero-order chi connectivity index (χ0) is 10.9. The Bertz CT molecular complexity index is 464. The largest absolute Gasteiger partial charge is 0.361 e. The standard InChI is InChI=1S/C9H12ClN5/c1-9(2,5-10)13-7-8-14-12-6-15(8)4-3-11-7/h3-4,6H,5H2,1-2H3,(H,11,13). The minimum absolute atomic E-state index is 0.220. The maximum absolute atomic E-state index is 5.84. The molecule has 0 amide bonds. The van der Waals surface area contributed by atoms with Gasteiger partial charge >= 0.3 is 0 Å². The molecule has 0 saturated carbocycles. The zero-order valence-electron chi connectivity index (χ0n) is 8.61. The Morgan fingerprint density at radius 3 is 3.07 bits per heavy atom. The van der Waals surface area contributed by atoms with Crippen LogP contribution in [-0.4, -0.2) is 31.0 Å². The number of halogens is 1. The van der Waals surface area contributed by atoms with E-state index in [0.29, 0.717) is 17.3 Å². The fourth-order valence-electron chi connectivity index (χ4n) is 1.20. The Morgan fingerprint density at radius 1 is 1.53 bits per heavy atom. The van der Waals surface area contributed by atoms with Crippen LogP contribution in [0.5, 0.6) is 0 Å². The van der Waals surface area contributed by atoms with Gasteiger partial charge in [-0.25, -0.2) is 4.98 Å². The molecular formula is C9H12ClN5. The molecule has 2 aromatic heterocycles. The minimum Gasteiger partial charge on any atom is -0.361 e. The fraction of sp³-hybridized carbons (Fsp3) is 0.444. The molecule has 0 aromatic carbocycles. The number of nitrogens with one attached hydrogen (secondary N) is 1. The lowest BCUT2D eigenvalue weighted by molar-refractivity contribution is 0.638. The summed E-state index contributed by atoms with van der Waals surface area (Å²) in [5, 5.41) is 11.0. The smallest absolute Gasteiger partial charge is 0.203 e. The van der Waals surface area contributed by atoms with Crippen molar-refractivity contribution in [2.24, 2.45) is 0 Å². The van der Waals surface area contributed by atoms with Crippen LogP contribution in [0.15, 0.2) is 18.7 Å². The van der Waals surface area contributed by atoms with Crippen molar-refractivity contribution in [1.82, 2.24) is 19.6 Å². The molecule has 0 spiro atoms. The second kappa shape index (κ2) is 3.66. The van der Waals surface area contributed by atoms with Crippen LogP contribution in [0.25, 0.3) is 5.65 Å². The average Bonchev–Trinajstić information content (AvgIpc) is 2.66. The van der Waals surface area contributed by atoms with Gasteiger partial charge in [0.25, 0.3) is 0 Å². The molecule has 6 heteroatoms. The molecular weight excluding hydrogens is 214 g/mol. The molecule has 80 valence electrons. The van der Waals surface area contributed by atoms with Gasteiger partial charge in [-0.05, 0) is 13.8 Å². The molecule has 0 fully saturated rings. The summed E-state index contributed by atoms with van der Waals surface area (Å²) in [5.74, 6) is 1.18. The molecule has 0 aliphatic carbocycles. The molecule has 0 saturated heterocycles. The van der Waals surface area contributed by atoms with Crippen LogP contribution in [0.2, 0.25) is 0 Å².